The zero-order valence-electron chi connectivity index (χ0n) is 8.19. The first-order chi connectivity index (χ1) is 6.18. The minimum absolute atomic E-state index is 0.0400. The van der Waals surface area contributed by atoms with Crippen molar-refractivity contribution >= 4 is 16.8 Å². The normalized spacial score (nSPS) is 19.7. The van der Waals surface area contributed by atoms with E-state index >= 15 is 0 Å². The summed E-state index contributed by atoms with van der Waals surface area (Å²) in [5, 5.41) is 13.1. The summed E-state index contributed by atoms with van der Waals surface area (Å²) in [5.41, 5.74) is 1.08. The lowest BCUT2D eigenvalue weighted by Crippen LogP contribution is -2.29. The molecule has 1 rings (SSSR count). The molecule has 0 aromatic heterocycles. The van der Waals surface area contributed by atoms with Crippen molar-refractivity contribution in [1.82, 2.24) is 10.6 Å². The van der Waals surface area contributed by atoms with E-state index in [2.05, 4.69) is 10.6 Å². The summed E-state index contributed by atoms with van der Waals surface area (Å²) >= 11 is 5.32. The molecule has 1 aliphatic rings. The van der Waals surface area contributed by atoms with E-state index in [0.29, 0.717) is 0 Å². The highest BCUT2D eigenvalue weighted by Crippen LogP contribution is 1.98. The Kier molecular flexibility index (Phi) is 6.06. The first kappa shape index (κ1) is 12.0. The second kappa shape index (κ2) is 6.54. The third-order valence-electron chi connectivity index (χ3n) is 1.30. The molecule has 0 saturated heterocycles. The SMILES string of the molecule is CC.CC1=CNC(/C=C\C(=N)Cl)N1. The molecule has 13 heavy (non-hydrogen) atoms. The molecule has 4 heteroatoms. The second-order valence-corrected chi connectivity index (χ2v) is 2.73. The maximum Gasteiger partial charge on any atom is 0.120 e. The fraction of sp³-hybridized carbons (Fsp3) is 0.444. The van der Waals surface area contributed by atoms with E-state index in [9.17, 15) is 0 Å². The standard InChI is InChI=1S/C7H10ClN3.C2H6/c1-5-4-10-7(11-5)3-2-6(8)9;1-2/h2-4,7,9-11H,1H3;1-2H3/b3-2-,9-6?;. The Morgan fingerprint density at radius 2 is 2.23 bits per heavy atom. The Morgan fingerprint density at radius 3 is 2.62 bits per heavy atom. The van der Waals surface area contributed by atoms with Crippen LogP contribution in [0.15, 0.2) is 24.0 Å². The predicted molar refractivity (Wildman–Crippen MR) is 57.9 cm³/mol. The molecule has 0 bridgehead atoms. The smallest absolute Gasteiger partial charge is 0.120 e. The van der Waals surface area contributed by atoms with E-state index in [1.807, 2.05) is 27.0 Å². The van der Waals surface area contributed by atoms with Crippen LogP contribution < -0.4 is 10.6 Å². The molecular formula is C9H16ClN3. The van der Waals surface area contributed by atoms with Gasteiger partial charge in [-0.1, -0.05) is 25.4 Å². The van der Waals surface area contributed by atoms with Crippen LogP contribution in [-0.2, 0) is 0 Å². The van der Waals surface area contributed by atoms with Gasteiger partial charge >= 0.3 is 0 Å². The third kappa shape index (κ3) is 5.31. The molecule has 74 valence electrons. The van der Waals surface area contributed by atoms with Gasteiger partial charge in [-0.3, -0.25) is 5.41 Å². The van der Waals surface area contributed by atoms with Crippen molar-refractivity contribution in [2.24, 2.45) is 0 Å². The molecule has 1 unspecified atom stereocenters. The van der Waals surface area contributed by atoms with Gasteiger partial charge in [0.25, 0.3) is 0 Å². The molecule has 1 atom stereocenters. The van der Waals surface area contributed by atoms with Crippen LogP contribution in [0.2, 0.25) is 0 Å². The summed E-state index contributed by atoms with van der Waals surface area (Å²) < 4.78 is 0. The molecule has 0 saturated carbocycles. The van der Waals surface area contributed by atoms with Crippen molar-refractivity contribution in [1.29, 1.82) is 5.41 Å². The van der Waals surface area contributed by atoms with Gasteiger partial charge in [0.15, 0.2) is 0 Å². The van der Waals surface area contributed by atoms with Gasteiger partial charge in [-0.25, -0.2) is 0 Å². The lowest BCUT2D eigenvalue weighted by molar-refractivity contribution is 0.673. The van der Waals surface area contributed by atoms with Crippen LogP contribution in [0.1, 0.15) is 20.8 Å². The highest BCUT2D eigenvalue weighted by atomic mass is 35.5. The Hall–Kier alpha value is -0.960. The molecule has 0 fully saturated rings. The van der Waals surface area contributed by atoms with Crippen molar-refractivity contribution in [2.45, 2.75) is 26.9 Å². The Balaban J connectivity index is 0.000000671. The Labute approximate surface area is 84.4 Å². The van der Waals surface area contributed by atoms with Crippen molar-refractivity contribution < 1.29 is 0 Å². The summed E-state index contributed by atoms with van der Waals surface area (Å²) in [4.78, 5) is 0. The van der Waals surface area contributed by atoms with Crippen LogP contribution in [0.5, 0.6) is 0 Å². The summed E-state index contributed by atoms with van der Waals surface area (Å²) in [7, 11) is 0. The highest BCUT2D eigenvalue weighted by molar-refractivity contribution is 6.67. The third-order valence-corrected chi connectivity index (χ3v) is 1.42. The predicted octanol–water partition coefficient (Wildman–Crippen LogP) is 2.17. The maximum atomic E-state index is 6.91. The first-order valence-electron chi connectivity index (χ1n) is 4.30. The summed E-state index contributed by atoms with van der Waals surface area (Å²) in [5.74, 6) is 0. The second-order valence-electron chi connectivity index (χ2n) is 2.32. The minimum atomic E-state index is 0.0400. The average molecular weight is 202 g/mol. The van der Waals surface area contributed by atoms with Crippen molar-refractivity contribution in [3.05, 3.63) is 24.0 Å². The lowest BCUT2D eigenvalue weighted by Gasteiger charge is -2.06. The fourth-order valence-electron chi connectivity index (χ4n) is 0.828. The fourth-order valence-corrected chi connectivity index (χ4v) is 0.901. The zero-order valence-corrected chi connectivity index (χ0v) is 8.94. The molecule has 1 heterocycles. The van der Waals surface area contributed by atoms with E-state index in [1.54, 1.807) is 12.2 Å². The number of hydrogen-bond acceptors (Lipinski definition) is 3. The molecule has 3 nitrogen and oxygen atoms in total. The van der Waals surface area contributed by atoms with Crippen molar-refractivity contribution in [2.75, 3.05) is 0 Å². The Morgan fingerprint density at radius 1 is 1.62 bits per heavy atom. The van der Waals surface area contributed by atoms with Crippen LogP contribution in [0.4, 0.5) is 0 Å². The van der Waals surface area contributed by atoms with Gasteiger partial charge in [0.2, 0.25) is 0 Å². The maximum absolute atomic E-state index is 6.91. The molecule has 3 N–H and O–H groups in total. The number of rotatable bonds is 2. The van der Waals surface area contributed by atoms with Crippen LogP contribution in [0.25, 0.3) is 0 Å². The summed E-state index contributed by atoms with van der Waals surface area (Å²) in [6.07, 6.45) is 5.29. The number of halogens is 1. The zero-order chi connectivity index (χ0) is 10.3. The molecule has 0 amide bonds. The van der Waals surface area contributed by atoms with E-state index in [-0.39, 0.29) is 11.3 Å². The number of hydrogen-bond donors (Lipinski definition) is 3. The molecule has 0 aromatic carbocycles. The van der Waals surface area contributed by atoms with Crippen LogP contribution in [-0.4, -0.2) is 11.3 Å². The molecule has 1 aliphatic heterocycles. The molecule has 0 radical (unpaired) electrons. The highest BCUT2D eigenvalue weighted by Gasteiger charge is 2.06. The first-order valence-corrected chi connectivity index (χ1v) is 4.68. The van der Waals surface area contributed by atoms with E-state index < -0.39 is 0 Å². The topological polar surface area (TPSA) is 47.9 Å². The largest absolute Gasteiger partial charge is 0.367 e. The quantitative estimate of drug-likeness (QED) is 0.600. The molecule has 0 aromatic rings. The van der Waals surface area contributed by atoms with Gasteiger partial charge in [-0.05, 0) is 19.1 Å². The monoisotopic (exact) mass is 201 g/mol. The lowest BCUT2D eigenvalue weighted by atomic mass is 10.4. The van der Waals surface area contributed by atoms with Crippen molar-refractivity contribution in [3.8, 4) is 0 Å². The van der Waals surface area contributed by atoms with Crippen LogP contribution in [0.3, 0.4) is 0 Å². The minimum Gasteiger partial charge on any atom is -0.367 e. The van der Waals surface area contributed by atoms with Gasteiger partial charge in [-0.15, -0.1) is 0 Å². The van der Waals surface area contributed by atoms with Gasteiger partial charge in [0.1, 0.15) is 11.3 Å². The number of nitrogens with one attached hydrogen (secondary N) is 3. The molecule has 0 aliphatic carbocycles. The van der Waals surface area contributed by atoms with Gasteiger partial charge < -0.3 is 10.6 Å². The van der Waals surface area contributed by atoms with Crippen LogP contribution >= 0.6 is 11.6 Å². The van der Waals surface area contributed by atoms with Crippen molar-refractivity contribution in [3.63, 3.8) is 0 Å². The summed E-state index contributed by atoms with van der Waals surface area (Å²) in [6.45, 7) is 5.97. The molecular weight excluding hydrogens is 186 g/mol. The average Bonchev–Trinajstić information content (AvgIpc) is 2.52. The van der Waals surface area contributed by atoms with Gasteiger partial charge in [0, 0.05) is 11.9 Å². The molecule has 0 spiro atoms. The van der Waals surface area contributed by atoms with Gasteiger partial charge in [-0.2, -0.15) is 0 Å². The van der Waals surface area contributed by atoms with E-state index in [4.69, 9.17) is 17.0 Å². The van der Waals surface area contributed by atoms with Gasteiger partial charge in [0.05, 0.1) is 0 Å². The van der Waals surface area contributed by atoms with Crippen LogP contribution in [0, 0.1) is 5.41 Å². The number of allylic oxidation sites excluding steroid dienone is 2. The Bertz CT molecular complexity index is 221. The summed E-state index contributed by atoms with van der Waals surface area (Å²) in [6, 6.07) is 0. The van der Waals surface area contributed by atoms with E-state index in [1.165, 1.54) is 0 Å². The van der Waals surface area contributed by atoms with E-state index in [0.717, 1.165) is 5.70 Å².